The number of aliphatic imine (C=N–C) groups is 1. The van der Waals surface area contributed by atoms with E-state index >= 15 is 0 Å². The zero-order valence-electron chi connectivity index (χ0n) is 13.8. The number of nitrogens with zero attached hydrogens (tertiary/aromatic N) is 2. The molecule has 0 spiro atoms. The molecule has 0 unspecified atom stereocenters. The summed E-state index contributed by atoms with van der Waals surface area (Å²) in [6, 6.07) is 14.2. The highest BCUT2D eigenvalue weighted by molar-refractivity contribution is 8.15. The molecule has 0 aromatic heterocycles. The summed E-state index contributed by atoms with van der Waals surface area (Å²) in [5.41, 5.74) is 1.18. The molecule has 0 saturated carbocycles. The first-order chi connectivity index (χ1) is 12.5. The lowest BCUT2D eigenvalue weighted by Crippen LogP contribution is -2.30. The van der Waals surface area contributed by atoms with Gasteiger partial charge in [-0.2, -0.15) is 0 Å². The number of amidine groups is 1. The smallest absolute Gasteiger partial charge is 0.242 e. The average Bonchev–Trinajstić information content (AvgIpc) is 2.88. The Balaban J connectivity index is 1.71. The van der Waals surface area contributed by atoms with Gasteiger partial charge < -0.3 is 5.32 Å². The van der Waals surface area contributed by atoms with E-state index in [9.17, 15) is 9.59 Å². The summed E-state index contributed by atoms with van der Waals surface area (Å²) in [7, 11) is 1.63. The van der Waals surface area contributed by atoms with E-state index in [1.165, 1.54) is 16.7 Å². The Morgan fingerprint density at radius 2 is 1.92 bits per heavy atom. The van der Waals surface area contributed by atoms with E-state index in [-0.39, 0.29) is 18.2 Å². The Morgan fingerprint density at radius 3 is 2.65 bits per heavy atom. The molecule has 0 aliphatic carbocycles. The first-order valence-corrected chi connectivity index (χ1v) is 9.41. The highest BCUT2D eigenvalue weighted by atomic mass is 35.5. The minimum atomic E-state index is -0.527. The molecule has 1 atom stereocenters. The number of carbonyl (C=O) groups is 2. The predicted molar refractivity (Wildman–Crippen MR) is 107 cm³/mol. The van der Waals surface area contributed by atoms with Crippen molar-refractivity contribution in [3.05, 3.63) is 58.6 Å². The topological polar surface area (TPSA) is 61.8 Å². The van der Waals surface area contributed by atoms with Crippen LogP contribution in [0.2, 0.25) is 10.0 Å². The second-order valence-corrected chi connectivity index (χ2v) is 7.54. The van der Waals surface area contributed by atoms with Crippen LogP contribution in [0.25, 0.3) is 0 Å². The predicted octanol–water partition coefficient (Wildman–Crippen LogP) is 4.58. The molecule has 1 aliphatic rings. The largest absolute Gasteiger partial charge is 0.326 e. The molecular formula is C18H15Cl2N3O2S. The fourth-order valence-electron chi connectivity index (χ4n) is 2.38. The summed E-state index contributed by atoms with van der Waals surface area (Å²) in [5, 5.41) is 3.46. The minimum absolute atomic E-state index is 0.0605. The molecule has 134 valence electrons. The van der Waals surface area contributed by atoms with Gasteiger partial charge in [0.15, 0.2) is 5.17 Å². The first-order valence-electron chi connectivity index (χ1n) is 7.77. The standard InChI is InChI=1S/C18H15Cl2N3O2S/c1-23-17(25)14(10-15(24)21-11-6-3-2-4-7-11)26-18(23)22-13-9-5-8-12(19)16(13)20/h2-9,14H,10H2,1H3,(H,21,24)/t14-/m1/s1. The monoisotopic (exact) mass is 407 g/mol. The molecule has 2 amide bonds. The lowest BCUT2D eigenvalue weighted by Gasteiger charge is -2.09. The maximum atomic E-state index is 12.4. The van der Waals surface area contributed by atoms with E-state index in [1.807, 2.05) is 18.2 Å². The number of thioether (sulfide) groups is 1. The van der Waals surface area contributed by atoms with Crippen molar-refractivity contribution in [3.8, 4) is 0 Å². The number of para-hydroxylation sites is 1. The van der Waals surface area contributed by atoms with Crippen LogP contribution in [0.1, 0.15) is 6.42 Å². The van der Waals surface area contributed by atoms with Crippen molar-refractivity contribution >= 4 is 63.3 Å². The number of hydrogen-bond acceptors (Lipinski definition) is 4. The minimum Gasteiger partial charge on any atom is -0.326 e. The molecule has 1 heterocycles. The van der Waals surface area contributed by atoms with Gasteiger partial charge in [0.05, 0.1) is 15.7 Å². The number of nitrogens with one attached hydrogen (secondary N) is 1. The maximum absolute atomic E-state index is 12.4. The second-order valence-electron chi connectivity index (χ2n) is 5.59. The normalized spacial score (nSPS) is 18.4. The van der Waals surface area contributed by atoms with Gasteiger partial charge in [0.25, 0.3) is 0 Å². The van der Waals surface area contributed by atoms with Crippen molar-refractivity contribution < 1.29 is 9.59 Å². The number of anilines is 1. The fourth-order valence-corrected chi connectivity index (χ4v) is 3.87. The number of amides is 2. The van der Waals surface area contributed by atoms with Crippen LogP contribution in [0.4, 0.5) is 11.4 Å². The third-order valence-corrected chi connectivity index (χ3v) is 5.75. The van der Waals surface area contributed by atoms with E-state index in [2.05, 4.69) is 10.3 Å². The van der Waals surface area contributed by atoms with Gasteiger partial charge in [-0.25, -0.2) is 4.99 Å². The Kier molecular flexibility index (Phi) is 5.86. The van der Waals surface area contributed by atoms with E-state index in [1.54, 1.807) is 37.4 Å². The number of hydrogen-bond donors (Lipinski definition) is 1. The molecule has 26 heavy (non-hydrogen) atoms. The van der Waals surface area contributed by atoms with Crippen LogP contribution in [0.15, 0.2) is 53.5 Å². The number of halogens is 2. The van der Waals surface area contributed by atoms with Crippen LogP contribution in [-0.4, -0.2) is 34.2 Å². The van der Waals surface area contributed by atoms with Crippen LogP contribution >= 0.6 is 35.0 Å². The molecule has 8 heteroatoms. The van der Waals surface area contributed by atoms with Crippen molar-refractivity contribution in [1.82, 2.24) is 4.90 Å². The Bertz CT molecular complexity index is 874. The molecule has 1 aliphatic heterocycles. The maximum Gasteiger partial charge on any atom is 0.242 e. The molecule has 5 nitrogen and oxygen atoms in total. The van der Waals surface area contributed by atoms with Crippen molar-refractivity contribution in [2.75, 3.05) is 12.4 Å². The quantitative estimate of drug-likeness (QED) is 0.806. The molecule has 1 N–H and O–H groups in total. The summed E-state index contributed by atoms with van der Waals surface area (Å²) < 4.78 is 0. The molecular weight excluding hydrogens is 393 g/mol. The van der Waals surface area contributed by atoms with Gasteiger partial charge in [0.2, 0.25) is 11.8 Å². The van der Waals surface area contributed by atoms with Gasteiger partial charge in [-0.15, -0.1) is 0 Å². The summed E-state index contributed by atoms with van der Waals surface area (Å²) in [5.74, 6) is -0.396. The SMILES string of the molecule is CN1C(=O)[C@@H](CC(=O)Nc2ccccc2)SC1=Nc1cccc(Cl)c1Cl. The molecule has 2 aromatic carbocycles. The van der Waals surface area contributed by atoms with Gasteiger partial charge in [0, 0.05) is 19.2 Å². The third kappa shape index (κ3) is 4.20. The van der Waals surface area contributed by atoms with Gasteiger partial charge in [0.1, 0.15) is 5.25 Å². The van der Waals surface area contributed by atoms with E-state index < -0.39 is 5.25 Å². The Labute approximate surface area is 165 Å². The van der Waals surface area contributed by atoms with Crippen LogP contribution in [0.5, 0.6) is 0 Å². The van der Waals surface area contributed by atoms with Gasteiger partial charge in [-0.05, 0) is 24.3 Å². The Hall–Kier alpha value is -2.02. The van der Waals surface area contributed by atoms with Crippen molar-refractivity contribution in [3.63, 3.8) is 0 Å². The van der Waals surface area contributed by atoms with Crippen LogP contribution < -0.4 is 5.32 Å². The van der Waals surface area contributed by atoms with Crippen LogP contribution in [0.3, 0.4) is 0 Å². The number of benzene rings is 2. The third-order valence-electron chi connectivity index (χ3n) is 3.72. The average molecular weight is 408 g/mol. The zero-order chi connectivity index (χ0) is 18.7. The second kappa shape index (κ2) is 8.12. The van der Waals surface area contributed by atoms with Gasteiger partial charge in [-0.3, -0.25) is 14.5 Å². The first kappa shape index (κ1) is 18.8. The van der Waals surface area contributed by atoms with E-state index in [0.717, 1.165) is 0 Å². The highest BCUT2D eigenvalue weighted by Crippen LogP contribution is 2.35. The summed E-state index contributed by atoms with van der Waals surface area (Å²) >= 11 is 13.4. The highest BCUT2D eigenvalue weighted by Gasteiger charge is 2.37. The fraction of sp³-hybridized carbons (Fsp3) is 0.167. The lowest BCUT2D eigenvalue weighted by molar-refractivity contribution is -0.127. The summed E-state index contributed by atoms with van der Waals surface area (Å²) in [6.07, 6.45) is 0.0605. The van der Waals surface area contributed by atoms with Crippen molar-refractivity contribution in [2.24, 2.45) is 4.99 Å². The van der Waals surface area contributed by atoms with Crippen LogP contribution in [0, 0.1) is 0 Å². The Morgan fingerprint density at radius 1 is 1.19 bits per heavy atom. The lowest BCUT2D eigenvalue weighted by atomic mass is 10.2. The van der Waals surface area contributed by atoms with Gasteiger partial charge in [-0.1, -0.05) is 59.2 Å². The number of rotatable bonds is 4. The van der Waals surface area contributed by atoms with Gasteiger partial charge >= 0.3 is 0 Å². The molecule has 1 saturated heterocycles. The van der Waals surface area contributed by atoms with Crippen molar-refractivity contribution in [2.45, 2.75) is 11.7 Å². The van der Waals surface area contributed by atoms with Crippen LogP contribution in [-0.2, 0) is 9.59 Å². The molecule has 0 radical (unpaired) electrons. The molecule has 0 bridgehead atoms. The summed E-state index contributed by atoms with van der Waals surface area (Å²) in [4.78, 5) is 30.5. The molecule has 1 fully saturated rings. The van der Waals surface area contributed by atoms with E-state index in [4.69, 9.17) is 23.2 Å². The van der Waals surface area contributed by atoms with Crippen molar-refractivity contribution in [1.29, 1.82) is 0 Å². The zero-order valence-corrected chi connectivity index (χ0v) is 16.1. The molecule has 3 rings (SSSR count). The number of carbonyl (C=O) groups excluding carboxylic acids is 2. The van der Waals surface area contributed by atoms with E-state index in [0.29, 0.717) is 26.6 Å². The summed E-state index contributed by atoms with van der Waals surface area (Å²) in [6.45, 7) is 0. The molecule has 2 aromatic rings.